The van der Waals surface area contributed by atoms with Crippen molar-refractivity contribution < 1.29 is 14.6 Å². The van der Waals surface area contributed by atoms with Gasteiger partial charge in [0.25, 0.3) is 5.91 Å². The summed E-state index contributed by atoms with van der Waals surface area (Å²) >= 11 is 0. The van der Waals surface area contributed by atoms with Crippen molar-refractivity contribution in [1.82, 2.24) is 15.2 Å². The number of hydrogen-bond donors (Lipinski definition) is 2. The normalized spacial score (nSPS) is 14.6. The number of rotatable bonds is 7. The second-order valence-corrected chi connectivity index (χ2v) is 7.98. The van der Waals surface area contributed by atoms with Gasteiger partial charge in [-0.3, -0.25) is 14.7 Å². The van der Waals surface area contributed by atoms with Crippen LogP contribution >= 0.6 is 0 Å². The predicted molar refractivity (Wildman–Crippen MR) is 121 cm³/mol. The summed E-state index contributed by atoms with van der Waals surface area (Å²) in [5, 5.41) is 13.7. The molecule has 2 N–H and O–H groups in total. The predicted octanol–water partition coefficient (Wildman–Crippen LogP) is 2.69. The number of aromatic nitrogens is 1. The van der Waals surface area contributed by atoms with E-state index in [4.69, 9.17) is 9.72 Å². The summed E-state index contributed by atoms with van der Waals surface area (Å²) in [7, 11) is 0. The number of morpholine rings is 1. The van der Waals surface area contributed by atoms with Crippen LogP contribution in [0.3, 0.4) is 0 Å². The molecule has 1 fully saturated rings. The summed E-state index contributed by atoms with van der Waals surface area (Å²) in [5.41, 5.74) is 5.49. The molecule has 1 amide bonds. The topological polar surface area (TPSA) is 74.7 Å². The van der Waals surface area contributed by atoms with Crippen molar-refractivity contribution in [2.75, 3.05) is 39.4 Å². The van der Waals surface area contributed by atoms with Gasteiger partial charge in [0.2, 0.25) is 0 Å². The fourth-order valence-electron chi connectivity index (χ4n) is 4.09. The number of nitrogens with one attached hydrogen (secondary N) is 1. The Labute approximate surface area is 182 Å². The largest absolute Gasteiger partial charge is 0.392 e. The molecule has 0 atom stereocenters. The monoisotopic (exact) mass is 419 g/mol. The quantitative estimate of drug-likeness (QED) is 0.616. The molecule has 3 aromatic rings. The molecule has 0 saturated carbocycles. The first kappa shape index (κ1) is 21.4. The van der Waals surface area contributed by atoms with E-state index in [0.29, 0.717) is 18.5 Å². The summed E-state index contributed by atoms with van der Waals surface area (Å²) in [6.07, 6.45) is 0.674. The zero-order valence-corrected chi connectivity index (χ0v) is 17.9. The molecule has 2 heterocycles. The third-order valence-corrected chi connectivity index (χ3v) is 5.71. The molecular formula is C25H29N3O3. The van der Waals surface area contributed by atoms with Gasteiger partial charge >= 0.3 is 0 Å². The number of amides is 1. The minimum atomic E-state index is -0.0513. The number of fused-ring (bicyclic) bond motifs is 1. The van der Waals surface area contributed by atoms with Gasteiger partial charge in [-0.25, -0.2) is 0 Å². The lowest BCUT2D eigenvalue weighted by Gasteiger charge is -2.26. The lowest BCUT2D eigenvalue weighted by atomic mass is 9.98. The Balaban J connectivity index is 1.46. The van der Waals surface area contributed by atoms with Crippen molar-refractivity contribution in [3.8, 4) is 0 Å². The Bertz CT molecular complexity index is 1060. The zero-order chi connectivity index (χ0) is 21.6. The Kier molecular flexibility index (Phi) is 6.92. The first-order valence-corrected chi connectivity index (χ1v) is 10.8. The highest BCUT2D eigenvalue weighted by atomic mass is 16.5. The van der Waals surface area contributed by atoms with E-state index in [9.17, 15) is 9.90 Å². The SMILES string of the molecule is Cc1cc(CO)c2cccc(Cc3cccc(C(=O)NCCN4CCOCC4)c3)c2n1. The van der Waals surface area contributed by atoms with E-state index in [1.54, 1.807) is 0 Å². The Morgan fingerprint density at radius 1 is 1.13 bits per heavy atom. The lowest BCUT2D eigenvalue weighted by Crippen LogP contribution is -2.41. The third kappa shape index (κ3) is 5.28. The van der Waals surface area contributed by atoms with Crippen LogP contribution in [-0.2, 0) is 17.8 Å². The summed E-state index contributed by atoms with van der Waals surface area (Å²) < 4.78 is 5.36. The van der Waals surface area contributed by atoms with E-state index < -0.39 is 0 Å². The van der Waals surface area contributed by atoms with Crippen LogP contribution in [0.5, 0.6) is 0 Å². The van der Waals surface area contributed by atoms with E-state index in [2.05, 4.69) is 16.3 Å². The molecule has 0 unspecified atom stereocenters. The molecule has 0 radical (unpaired) electrons. The first-order valence-electron chi connectivity index (χ1n) is 10.8. The van der Waals surface area contributed by atoms with Crippen LogP contribution in [0.2, 0.25) is 0 Å². The van der Waals surface area contributed by atoms with E-state index in [1.807, 2.05) is 49.4 Å². The minimum absolute atomic E-state index is 0.0105. The number of aliphatic hydroxyl groups is 1. The third-order valence-electron chi connectivity index (χ3n) is 5.71. The molecule has 0 aliphatic carbocycles. The molecule has 1 saturated heterocycles. The summed E-state index contributed by atoms with van der Waals surface area (Å²) in [5.74, 6) is -0.0513. The van der Waals surface area contributed by atoms with Crippen molar-refractivity contribution in [2.45, 2.75) is 20.0 Å². The Hall–Kier alpha value is -2.80. The van der Waals surface area contributed by atoms with Gasteiger partial charge in [-0.2, -0.15) is 0 Å². The molecule has 0 bridgehead atoms. The van der Waals surface area contributed by atoms with Crippen molar-refractivity contribution in [3.63, 3.8) is 0 Å². The molecular weight excluding hydrogens is 390 g/mol. The molecule has 6 heteroatoms. The number of carbonyl (C=O) groups is 1. The summed E-state index contributed by atoms with van der Waals surface area (Å²) in [6, 6.07) is 15.7. The van der Waals surface area contributed by atoms with Crippen LogP contribution < -0.4 is 5.32 Å². The molecule has 6 nitrogen and oxygen atoms in total. The molecule has 1 aromatic heterocycles. The number of benzene rings is 2. The van der Waals surface area contributed by atoms with Crippen LogP contribution in [0.4, 0.5) is 0 Å². The van der Waals surface area contributed by atoms with Gasteiger partial charge < -0.3 is 15.2 Å². The maximum atomic E-state index is 12.6. The molecule has 162 valence electrons. The molecule has 1 aliphatic heterocycles. The van der Waals surface area contributed by atoms with Crippen molar-refractivity contribution in [3.05, 3.63) is 76.5 Å². The van der Waals surface area contributed by atoms with Gasteiger partial charge in [-0.1, -0.05) is 30.3 Å². The Morgan fingerprint density at radius 3 is 2.74 bits per heavy atom. The number of carbonyl (C=O) groups excluding carboxylic acids is 1. The number of pyridine rings is 1. The second-order valence-electron chi connectivity index (χ2n) is 7.98. The number of hydrogen-bond acceptors (Lipinski definition) is 5. The Morgan fingerprint density at radius 2 is 1.94 bits per heavy atom. The smallest absolute Gasteiger partial charge is 0.251 e. The van der Waals surface area contributed by atoms with E-state index in [0.717, 1.165) is 66.1 Å². The highest BCUT2D eigenvalue weighted by molar-refractivity contribution is 5.94. The molecule has 2 aromatic carbocycles. The highest BCUT2D eigenvalue weighted by Gasteiger charge is 2.12. The average molecular weight is 420 g/mol. The number of aliphatic hydroxyl groups excluding tert-OH is 1. The van der Waals surface area contributed by atoms with E-state index in [-0.39, 0.29) is 12.5 Å². The highest BCUT2D eigenvalue weighted by Crippen LogP contribution is 2.24. The fourth-order valence-corrected chi connectivity index (χ4v) is 4.09. The van der Waals surface area contributed by atoms with Crippen molar-refractivity contribution >= 4 is 16.8 Å². The minimum Gasteiger partial charge on any atom is -0.392 e. The van der Waals surface area contributed by atoms with Gasteiger partial charge in [-0.05, 0) is 48.2 Å². The number of para-hydroxylation sites is 1. The number of nitrogens with zero attached hydrogens (tertiary/aromatic N) is 2. The van der Waals surface area contributed by atoms with Crippen molar-refractivity contribution in [1.29, 1.82) is 0 Å². The molecule has 0 spiro atoms. The summed E-state index contributed by atoms with van der Waals surface area (Å²) in [4.78, 5) is 19.7. The van der Waals surface area contributed by atoms with E-state index in [1.165, 1.54) is 0 Å². The van der Waals surface area contributed by atoms with Crippen LogP contribution in [0.25, 0.3) is 10.9 Å². The number of ether oxygens (including phenoxy) is 1. The molecule has 1 aliphatic rings. The van der Waals surface area contributed by atoms with Crippen LogP contribution in [0, 0.1) is 6.92 Å². The zero-order valence-electron chi connectivity index (χ0n) is 17.9. The van der Waals surface area contributed by atoms with E-state index >= 15 is 0 Å². The molecule has 31 heavy (non-hydrogen) atoms. The van der Waals surface area contributed by atoms with Crippen LogP contribution in [0.1, 0.15) is 32.7 Å². The van der Waals surface area contributed by atoms with Gasteiger partial charge in [0.15, 0.2) is 0 Å². The second kappa shape index (κ2) is 10.0. The van der Waals surface area contributed by atoms with Gasteiger partial charge in [0.05, 0.1) is 25.3 Å². The first-order chi connectivity index (χ1) is 15.1. The van der Waals surface area contributed by atoms with Gasteiger partial charge in [0, 0.05) is 42.8 Å². The molecule has 4 rings (SSSR count). The standard InChI is InChI=1S/C25H29N3O3/c1-18-14-22(17-29)23-7-3-5-20(24(23)27-18)15-19-4-2-6-21(16-19)25(30)26-8-9-28-10-12-31-13-11-28/h2-7,14,16,29H,8-13,15,17H2,1H3,(H,26,30). The fraction of sp³-hybridized carbons (Fsp3) is 0.360. The average Bonchev–Trinajstić information content (AvgIpc) is 2.80. The lowest BCUT2D eigenvalue weighted by molar-refractivity contribution is 0.0383. The van der Waals surface area contributed by atoms with Crippen LogP contribution in [-0.4, -0.2) is 60.3 Å². The van der Waals surface area contributed by atoms with Crippen LogP contribution in [0.15, 0.2) is 48.5 Å². The maximum absolute atomic E-state index is 12.6. The summed E-state index contributed by atoms with van der Waals surface area (Å²) in [6.45, 7) is 6.75. The van der Waals surface area contributed by atoms with Gasteiger partial charge in [0.1, 0.15) is 0 Å². The number of aryl methyl sites for hydroxylation is 1. The van der Waals surface area contributed by atoms with Crippen molar-refractivity contribution in [2.24, 2.45) is 0 Å². The maximum Gasteiger partial charge on any atom is 0.251 e. The van der Waals surface area contributed by atoms with Gasteiger partial charge in [-0.15, -0.1) is 0 Å².